The van der Waals surface area contributed by atoms with E-state index in [1.807, 2.05) is 0 Å². The van der Waals surface area contributed by atoms with Crippen molar-refractivity contribution in [1.29, 1.82) is 0 Å². The van der Waals surface area contributed by atoms with Gasteiger partial charge in [-0.1, -0.05) is 92.6 Å². The highest BCUT2D eigenvalue weighted by atomic mass is 36.0. The molecule has 0 saturated heterocycles. The number of halogens is 3. The van der Waals surface area contributed by atoms with Crippen LogP contribution in [0.1, 0.15) is 0 Å². The molecule has 0 heterocycles. The molecular formula is C15H40Cl3O4P2Si3+. The minimum Gasteiger partial charge on any atom is -0.397 e. The molecule has 0 spiro atoms. The molecule has 0 aliphatic heterocycles. The normalized spacial score (nSPS) is 12.1. The van der Waals surface area contributed by atoms with Gasteiger partial charge in [0, 0.05) is 35.4 Å². The molecule has 0 aromatic heterocycles. The number of aliphatic hydroxyl groups is 1. The van der Waals surface area contributed by atoms with Gasteiger partial charge in [-0.05, 0) is 18.1 Å². The van der Waals surface area contributed by atoms with Gasteiger partial charge < -0.3 is 5.11 Å². The maximum absolute atomic E-state index is 11.3. The molecule has 0 aliphatic carbocycles. The molecule has 0 unspecified atom stereocenters. The first-order valence-corrected chi connectivity index (χ1v) is 25.3. The minimum atomic E-state index is -1.89. The molecule has 0 aromatic carbocycles. The van der Waals surface area contributed by atoms with Crippen molar-refractivity contribution in [1.82, 2.24) is 0 Å². The predicted octanol–water partition coefficient (Wildman–Crippen LogP) is 8.60. The fourth-order valence-corrected chi connectivity index (χ4v) is 4.22. The van der Waals surface area contributed by atoms with Gasteiger partial charge in [-0.2, -0.15) is 0 Å². The van der Waals surface area contributed by atoms with E-state index in [1.54, 1.807) is 0 Å². The average Bonchev–Trinajstić information content (AvgIpc) is 2.33. The standard InChI is InChI=1S/C10H26O3PSi2.C5H14OSi.Cl3P/c1-15(2,3)9-7-12-14(11)13-8-10-16(4,5)6;1-7(2,3)5-4-6;1-4(2)3/h7-10H2,1-6H3;6H,4-5H2,1-3H3;/q+1;;. The first kappa shape index (κ1) is 33.6. The molecule has 0 bridgehead atoms. The van der Waals surface area contributed by atoms with E-state index in [1.165, 1.54) is 0 Å². The van der Waals surface area contributed by atoms with Crippen molar-refractivity contribution in [3.8, 4) is 0 Å². The Morgan fingerprint density at radius 3 is 1.15 bits per heavy atom. The number of rotatable bonds is 10. The number of hydrogen-bond donors (Lipinski definition) is 1. The molecule has 0 saturated carbocycles. The van der Waals surface area contributed by atoms with E-state index in [0.717, 1.165) is 18.1 Å². The third kappa shape index (κ3) is 47.3. The molecule has 0 aromatic rings. The van der Waals surface area contributed by atoms with E-state index in [9.17, 15) is 4.57 Å². The molecule has 166 valence electrons. The van der Waals surface area contributed by atoms with Crippen LogP contribution in [0.3, 0.4) is 0 Å². The van der Waals surface area contributed by atoms with Crippen LogP contribution < -0.4 is 0 Å². The number of aliphatic hydroxyl groups excluding tert-OH is 1. The van der Waals surface area contributed by atoms with Crippen molar-refractivity contribution in [3.05, 3.63) is 0 Å². The fourth-order valence-electron chi connectivity index (χ4n) is 1.23. The predicted molar refractivity (Wildman–Crippen MR) is 136 cm³/mol. The van der Waals surface area contributed by atoms with Gasteiger partial charge in [0.15, 0.2) is 5.98 Å². The van der Waals surface area contributed by atoms with E-state index < -0.39 is 38.5 Å². The monoisotopic (exact) mass is 535 g/mol. The Labute approximate surface area is 187 Å². The van der Waals surface area contributed by atoms with Crippen LogP contribution in [-0.4, -0.2) is 49.1 Å². The lowest BCUT2D eigenvalue weighted by molar-refractivity contribution is 0.242. The molecule has 0 rings (SSSR count). The summed E-state index contributed by atoms with van der Waals surface area (Å²) in [5, 5.41) is 8.44. The smallest absolute Gasteiger partial charge is 0.397 e. The summed E-state index contributed by atoms with van der Waals surface area (Å²) in [5.74, 6) is -1.20. The van der Waals surface area contributed by atoms with Crippen LogP contribution in [0.25, 0.3) is 0 Å². The second-order valence-corrected chi connectivity index (χ2v) is 32.5. The third-order valence-corrected chi connectivity index (χ3v) is 8.88. The summed E-state index contributed by atoms with van der Waals surface area (Å²) in [6, 6.07) is 3.10. The van der Waals surface area contributed by atoms with Gasteiger partial charge >= 0.3 is 8.25 Å². The molecule has 0 atom stereocenters. The summed E-state index contributed by atoms with van der Waals surface area (Å²) in [6.45, 7) is 21.9. The molecule has 27 heavy (non-hydrogen) atoms. The van der Waals surface area contributed by atoms with Crippen molar-refractivity contribution >= 4 is 72.2 Å². The average molecular weight is 537 g/mol. The van der Waals surface area contributed by atoms with Crippen molar-refractivity contribution in [3.63, 3.8) is 0 Å². The van der Waals surface area contributed by atoms with Crippen LogP contribution >= 0.6 is 48.0 Å². The van der Waals surface area contributed by atoms with Crippen molar-refractivity contribution in [2.24, 2.45) is 0 Å². The highest BCUT2D eigenvalue weighted by Gasteiger charge is 2.24. The maximum Gasteiger partial charge on any atom is 0.697 e. The lowest BCUT2D eigenvalue weighted by atomic mass is 10.9. The van der Waals surface area contributed by atoms with E-state index in [-0.39, 0.29) is 0 Å². The molecule has 0 amide bonds. The Kier molecular flexibility index (Phi) is 21.9. The van der Waals surface area contributed by atoms with Crippen molar-refractivity contribution in [2.45, 2.75) is 77.1 Å². The second-order valence-electron chi connectivity index (χ2n) is 9.74. The first-order valence-electron chi connectivity index (χ1n) is 9.01. The van der Waals surface area contributed by atoms with Gasteiger partial charge in [-0.15, -0.1) is 9.05 Å². The quantitative estimate of drug-likeness (QED) is 0.224. The summed E-state index contributed by atoms with van der Waals surface area (Å²) in [5.41, 5.74) is 0. The Hall–Kier alpha value is 1.93. The fraction of sp³-hybridized carbons (Fsp3) is 1.00. The third-order valence-electron chi connectivity index (χ3n) is 2.96. The van der Waals surface area contributed by atoms with Gasteiger partial charge in [0.1, 0.15) is 13.2 Å². The molecular weight excluding hydrogens is 497 g/mol. The zero-order chi connectivity index (χ0) is 22.3. The lowest BCUT2D eigenvalue weighted by Crippen LogP contribution is -2.21. The van der Waals surface area contributed by atoms with Crippen LogP contribution in [-0.2, 0) is 13.6 Å². The van der Waals surface area contributed by atoms with Crippen LogP contribution in [0.4, 0.5) is 0 Å². The zero-order valence-electron chi connectivity index (χ0n) is 18.4. The van der Waals surface area contributed by atoms with Gasteiger partial charge in [0.05, 0.1) is 0 Å². The minimum absolute atomic E-state index is 0.371. The van der Waals surface area contributed by atoms with Crippen LogP contribution in [0.15, 0.2) is 0 Å². The van der Waals surface area contributed by atoms with Gasteiger partial charge in [-0.25, -0.2) is 0 Å². The summed E-state index contributed by atoms with van der Waals surface area (Å²) in [4.78, 5) is 0. The molecule has 12 heteroatoms. The van der Waals surface area contributed by atoms with E-state index in [2.05, 4.69) is 58.9 Å². The second kappa shape index (κ2) is 17.6. The molecule has 1 N–H and O–H groups in total. The van der Waals surface area contributed by atoms with E-state index >= 15 is 0 Å². The highest BCUT2D eigenvalue weighted by molar-refractivity contribution is 8.20. The van der Waals surface area contributed by atoms with Gasteiger partial charge in [-0.3, -0.25) is 0 Å². The molecule has 4 nitrogen and oxygen atoms in total. The Morgan fingerprint density at radius 2 is 1.00 bits per heavy atom. The zero-order valence-corrected chi connectivity index (χ0v) is 25.5. The van der Waals surface area contributed by atoms with E-state index in [4.69, 9.17) is 47.9 Å². The Bertz CT molecular complexity index is 350. The van der Waals surface area contributed by atoms with Crippen LogP contribution in [0.2, 0.25) is 77.1 Å². The topological polar surface area (TPSA) is 55.8 Å². The first-order chi connectivity index (χ1) is 11.9. The van der Waals surface area contributed by atoms with Crippen LogP contribution in [0, 0.1) is 0 Å². The molecule has 0 aliphatic rings. The summed E-state index contributed by atoms with van der Waals surface area (Å²) < 4.78 is 21.7. The summed E-state index contributed by atoms with van der Waals surface area (Å²) in [6.07, 6.45) is 0. The molecule has 0 radical (unpaired) electrons. The van der Waals surface area contributed by atoms with Crippen molar-refractivity contribution < 1.29 is 18.7 Å². The SMILES string of the molecule is C[Si](C)(C)CCO.C[Si](C)(C)CCO[P+](=O)OCC[Si](C)(C)C.ClP(Cl)Cl. The Balaban J connectivity index is -0.000000431. The largest absolute Gasteiger partial charge is 0.697 e. The van der Waals surface area contributed by atoms with Crippen molar-refractivity contribution in [2.75, 3.05) is 19.8 Å². The summed E-state index contributed by atoms with van der Waals surface area (Å²) >= 11 is 14.6. The lowest BCUT2D eigenvalue weighted by Gasteiger charge is -2.13. The van der Waals surface area contributed by atoms with Crippen LogP contribution in [0.5, 0.6) is 0 Å². The molecule has 0 fully saturated rings. The summed E-state index contributed by atoms with van der Waals surface area (Å²) in [7, 11) is -4.97. The van der Waals surface area contributed by atoms with Gasteiger partial charge in [0.25, 0.3) is 0 Å². The highest BCUT2D eigenvalue weighted by Crippen LogP contribution is 2.51. The Morgan fingerprint density at radius 1 is 0.741 bits per heavy atom. The number of hydrogen-bond acceptors (Lipinski definition) is 4. The maximum atomic E-state index is 11.3. The van der Waals surface area contributed by atoms with E-state index in [0.29, 0.717) is 19.8 Å². The van der Waals surface area contributed by atoms with Gasteiger partial charge in [0.2, 0.25) is 0 Å².